The van der Waals surface area contributed by atoms with E-state index in [0.29, 0.717) is 37.9 Å². The summed E-state index contributed by atoms with van der Waals surface area (Å²) in [6, 6.07) is 72.6. The summed E-state index contributed by atoms with van der Waals surface area (Å²) < 4.78 is 29.1. The molecule has 3 fully saturated rings. The van der Waals surface area contributed by atoms with Gasteiger partial charge in [-0.2, -0.15) is 0 Å². The summed E-state index contributed by atoms with van der Waals surface area (Å²) in [5, 5.41) is 8.74. The van der Waals surface area contributed by atoms with Gasteiger partial charge in [0.15, 0.2) is 0 Å². The fraction of sp³-hybridized carbons (Fsp3) is 0.175. The lowest BCUT2D eigenvalue weighted by atomic mass is 9.94. The highest BCUT2D eigenvalue weighted by molar-refractivity contribution is 5.87. The van der Waals surface area contributed by atoms with E-state index in [-0.39, 0.29) is 30.2 Å². The van der Waals surface area contributed by atoms with Crippen molar-refractivity contribution in [3.63, 3.8) is 0 Å². The summed E-state index contributed by atoms with van der Waals surface area (Å²) in [6.45, 7) is 3.79. The molecule has 374 valence electrons. The van der Waals surface area contributed by atoms with E-state index in [1.165, 1.54) is 17.7 Å². The summed E-state index contributed by atoms with van der Waals surface area (Å²) in [4.78, 5) is 45.1. The zero-order valence-electron chi connectivity index (χ0n) is 40.8. The minimum Gasteiger partial charge on any atom is -0.489 e. The van der Waals surface area contributed by atoms with Crippen molar-refractivity contribution in [1.29, 1.82) is 0 Å². The average Bonchev–Trinajstić information content (AvgIpc) is 3.88. The number of carbonyl (C=O) groups excluding carboxylic acids is 3. The topological polar surface area (TPSA) is 138 Å². The predicted octanol–water partition coefficient (Wildman–Crippen LogP) is 12.6. The third-order valence-electron chi connectivity index (χ3n) is 12.8. The number of morpholine rings is 1. The first-order chi connectivity index (χ1) is 36.4. The van der Waals surface area contributed by atoms with Crippen molar-refractivity contribution in [2.75, 3.05) is 13.2 Å². The standard InChI is InChI=1S/C37H31NO4.C14H12O3.C11H12O2.CH2O/c39-37-34-35(30-20-22-32(23-21-30)40-24-26-10-4-1-5-11-26)42-36(38(34)33(25-41-37)29-14-8-3-9-15-29)31-18-16-28(17-19-31)27-12-6-2-7-13-27;15-14(16)12-6-8-13(9-7-12)17-10-11-4-2-1-3-5-11;12-11-7-6-10(8-13-11)9-4-2-1-3-5-9;1-2/h1-23,33-36H,24-25H2;1-9H,10H2,(H,15,16);1-5,10H,6-8H2;1H2/t33-,34?,35-,36+;;10-;/m1.1./s1. The molecule has 0 amide bonds. The number of carboxylic acid groups (broad SMARTS) is 1. The van der Waals surface area contributed by atoms with E-state index in [1.807, 2.05) is 146 Å². The number of esters is 2. The van der Waals surface area contributed by atoms with Crippen molar-refractivity contribution in [3.05, 3.63) is 263 Å². The van der Waals surface area contributed by atoms with Gasteiger partial charge in [0.05, 0.1) is 18.2 Å². The highest BCUT2D eigenvalue weighted by Gasteiger charge is 2.54. The number of hydrogen-bond acceptors (Lipinski definition) is 10. The lowest BCUT2D eigenvalue weighted by Gasteiger charge is -2.39. The van der Waals surface area contributed by atoms with Gasteiger partial charge in [-0.1, -0.05) is 188 Å². The Morgan fingerprint density at radius 3 is 1.51 bits per heavy atom. The van der Waals surface area contributed by atoms with Crippen molar-refractivity contribution in [3.8, 4) is 22.6 Å². The summed E-state index contributed by atoms with van der Waals surface area (Å²) in [5.74, 6) is 0.573. The van der Waals surface area contributed by atoms with Crippen LogP contribution in [0.4, 0.5) is 0 Å². The number of fused-ring (bicyclic) bond motifs is 1. The zero-order chi connectivity index (χ0) is 51.5. The number of ether oxygens (including phenoxy) is 5. The van der Waals surface area contributed by atoms with E-state index in [1.54, 1.807) is 12.1 Å². The van der Waals surface area contributed by atoms with Crippen molar-refractivity contribution in [1.82, 2.24) is 4.90 Å². The third kappa shape index (κ3) is 13.6. The average molecular weight is 988 g/mol. The van der Waals surface area contributed by atoms with Gasteiger partial charge in [0.2, 0.25) is 0 Å². The van der Waals surface area contributed by atoms with Crippen molar-refractivity contribution in [2.45, 2.75) is 56.4 Å². The minimum absolute atomic E-state index is 0.0628. The van der Waals surface area contributed by atoms with Gasteiger partial charge in [-0.15, -0.1) is 0 Å². The first-order valence-corrected chi connectivity index (χ1v) is 24.4. The Balaban J connectivity index is 0.000000185. The van der Waals surface area contributed by atoms with Crippen LogP contribution in [0, 0.1) is 0 Å². The number of cyclic esters (lactones) is 2. The lowest BCUT2D eigenvalue weighted by molar-refractivity contribution is -0.163. The highest BCUT2D eigenvalue weighted by Crippen LogP contribution is 2.49. The second-order valence-electron chi connectivity index (χ2n) is 17.6. The Morgan fingerprint density at radius 1 is 0.527 bits per heavy atom. The molecule has 74 heavy (non-hydrogen) atoms. The van der Waals surface area contributed by atoms with Gasteiger partial charge in [-0.3, -0.25) is 9.59 Å². The van der Waals surface area contributed by atoms with Crippen molar-refractivity contribution < 1.29 is 48.0 Å². The van der Waals surface area contributed by atoms with Crippen LogP contribution in [0.2, 0.25) is 0 Å². The molecule has 8 aromatic carbocycles. The van der Waals surface area contributed by atoms with E-state index < -0.39 is 24.3 Å². The number of rotatable bonds is 12. The summed E-state index contributed by atoms with van der Waals surface area (Å²) in [6.07, 6.45) is 0.561. The maximum absolute atomic E-state index is 13.4. The fourth-order valence-electron chi connectivity index (χ4n) is 9.01. The van der Waals surface area contributed by atoms with Gasteiger partial charge in [0.1, 0.15) is 56.5 Å². The smallest absolute Gasteiger partial charge is 0.335 e. The van der Waals surface area contributed by atoms with Crippen molar-refractivity contribution in [2.24, 2.45) is 0 Å². The van der Waals surface area contributed by atoms with Gasteiger partial charge in [0, 0.05) is 12.3 Å². The van der Waals surface area contributed by atoms with E-state index in [0.717, 1.165) is 51.1 Å². The number of benzene rings is 8. The molecule has 0 aliphatic carbocycles. The molecule has 11 nitrogen and oxygen atoms in total. The molecule has 0 radical (unpaired) electrons. The minimum atomic E-state index is -0.931. The quantitative estimate of drug-likeness (QED) is 0.117. The van der Waals surface area contributed by atoms with E-state index >= 15 is 0 Å². The van der Waals surface area contributed by atoms with E-state index in [9.17, 15) is 14.4 Å². The van der Waals surface area contributed by atoms with Crippen molar-refractivity contribution >= 4 is 24.7 Å². The molecule has 3 aliphatic rings. The van der Waals surface area contributed by atoms with Crippen LogP contribution < -0.4 is 9.47 Å². The fourth-order valence-corrected chi connectivity index (χ4v) is 9.01. The number of carbonyl (C=O) groups is 4. The van der Waals surface area contributed by atoms with Crippen LogP contribution in [0.3, 0.4) is 0 Å². The van der Waals surface area contributed by atoms with Gasteiger partial charge < -0.3 is 33.6 Å². The monoisotopic (exact) mass is 987 g/mol. The highest BCUT2D eigenvalue weighted by atomic mass is 16.6. The Kier molecular flexibility index (Phi) is 18.3. The maximum atomic E-state index is 13.4. The summed E-state index contributed by atoms with van der Waals surface area (Å²) in [5.41, 5.74) is 9.01. The van der Waals surface area contributed by atoms with Gasteiger partial charge in [-0.25, -0.2) is 9.69 Å². The Bertz CT molecular complexity index is 2970. The van der Waals surface area contributed by atoms with Crippen LogP contribution in [0.5, 0.6) is 11.5 Å². The van der Waals surface area contributed by atoms with E-state index in [2.05, 4.69) is 65.6 Å². The molecule has 3 saturated heterocycles. The van der Waals surface area contributed by atoms with Gasteiger partial charge >= 0.3 is 17.9 Å². The zero-order valence-corrected chi connectivity index (χ0v) is 40.8. The van der Waals surface area contributed by atoms with Crippen LogP contribution in [0.15, 0.2) is 224 Å². The van der Waals surface area contributed by atoms with Crippen LogP contribution in [0.25, 0.3) is 11.1 Å². The molecule has 1 unspecified atom stereocenters. The Hall–Kier alpha value is -8.64. The normalized spacial score (nSPS) is 18.7. The SMILES string of the molecule is C=O.O=C(O)c1ccc(OCc2ccccc2)cc1.O=C1CC[C@@H](c2ccccc2)CO1.O=C1OC[C@H](c2ccccc2)N2C1[C@@H](c1ccc(OCc3ccccc3)cc1)O[C@H]2c1ccc(-c2ccccc2)cc1. The maximum Gasteiger partial charge on any atom is 0.335 e. The largest absolute Gasteiger partial charge is 0.489 e. The Labute approximate surface area is 431 Å². The number of carboxylic acids is 1. The summed E-state index contributed by atoms with van der Waals surface area (Å²) in [7, 11) is 0. The molecule has 5 atom stereocenters. The molecule has 0 aromatic heterocycles. The van der Waals surface area contributed by atoms with Crippen LogP contribution in [-0.2, 0) is 41.8 Å². The molecule has 0 bridgehead atoms. The summed E-state index contributed by atoms with van der Waals surface area (Å²) >= 11 is 0. The second-order valence-corrected chi connectivity index (χ2v) is 17.6. The predicted molar refractivity (Wildman–Crippen MR) is 282 cm³/mol. The number of nitrogens with zero attached hydrogens (tertiary/aromatic N) is 1. The molecular weight excluding hydrogens is 931 g/mol. The first-order valence-electron chi connectivity index (χ1n) is 24.4. The molecule has 1 N–H and O–H groups in total. The van der Waals surface area contributed by atoms with Crippen LogP contribution >= 0.6 is 0 Å². The molecule has 3 aliphatic heterocycles. The van der Waals surface area contributed by atoms with E-state index in [4.69, 9.17) is 33.6 Å². The third-order valence-corrected chi connectivity index (χ3v) is 12.8. The van der Waals surface area contributed by atoms with Gasteiger partial charge in [0.25, 0.3) is 0 Å². The van der Waals surface area contributed by atoms with Crippen LogP contribution in [-0.4, -0.2) is 54.0 Å². The lowest BCUT2D eigenvalue weighted by Crippen LogP contribution is -2.49. The first kappa shape index (κ1) is 51.7. The molecule has 8 aromatic rings. The molecular formula is C63H57NO10. The Morgan fingerprint density at radius 2 is 1.00 bits per heavy atom. The molecule has 3 heterocycles. The van der Waals surface area contributed by atoms with Gasteiger partial charge in [-0.05, 0) is 87.3 Å². The molecule has 11 rings (SSSR count). The second kappa shape index (κ2) is 26.2. The number of hydrogen-bond donors (Lipinski definition) is 1. The number of aromatic carboxylic acids is 1. The van der Waals surface area contributed by atoms with Crippen LogP contribution in [0.1, 0.15) is 80.9 Å². The molecule has 0 saturated carbocycles. The molecule has 0 spiro atoms. The molecule has 11 heteroatoms.